The van der Waals surface area contributed by atoms with Gasteiger partial charge in [0.1, 0.15) is 5.54 Å². The molecule has 0 bridgehead atoms. The Hall–Kier alpha value is -2.29. The summed E-state index contributed by atoms with van der Waals surface area (Å²) in [4.78, 5) is 33.4. The van der Waals surface area contributed by atoms with Crippen molar-refractivity contribution in [3.05, 3.63) is 34.4 Å². The Morgan fingerprint density at radius 2 is 2.18 bits per heavy atom. The van der Waals surface area contributed by atoms with Crippen molar-refractivity contribution in [2.45, 2.75) is 12.0 Å². The molecule has 1 heterocycles. The molecule has 1 amide bonds. The molecule has 2 rings (SSSR count). The lowest BCUT2D eigenvalue weighted by molar-refractivity contribution is -0.385. The maximum absolute atomic E-state index is 11.9. The zero-order valence-electron chi connectivity index (χ0n) is 11.5. The molecule has 1 unspecified atom stereocenters. The maximum atomic E-state index is 11.9. The molecule has 1 fully saturated rings. The van der Waals surface area contributed by atoms with E-state index in [1.807, 2.05) is 0 Å². The molecule has 118 valence electrons. The van der Waals surface area contributed by atoms with Crippen molar-refractivity contribution < 1.29 is 24.4 Å². The first-order chi connectivity index (χ1) is 10.4. The number of amides is 1. The summed E-state index contributed by atoms with van der Waals surface area (Å²) in [5, 5.41) is 22.5. The molecule has 0 spiro atoms. The quantitative estimate of drug-likeness (QED) is 0.592. The smallest absolute Gasteiger partial charge is 0.330 e. The minimum atomic E-state index is -1.28. The minimum Gasteiger partial charge on any atom is -0.479 e. The number of carboxylic acid groups (broad SMARTS) is 1. The van der Waals surface area contributed by atoms with Crippen LogP contribution in [0.15, 0.2) is 24.3 Å². The van der Waals surface area contributed by atoms with Gasteiger partial charge in [-0.05, 0) is 18.2 Å². The summed E-state index contributed by atoms with van der Waals surface area (Å²) >= 11 is 1.45. The standard InChI is InChI=1S/C13H14N2O6S/c16-11(14-13(12(17)18)5-6-22-8-13)7-21-10-4-2-1-3-9(10)15(19)20/h1-4H,5-8H2,(H,14,16)(H,17,18). The zero-order chi connectivity index (χ0) is 16.2. The van der Waals surface area contributed by atoms with Crippen LogP contribution in [0.3, 0.4) is 0 Å². The molecule has 1 aliphatic heterocycles. The lowest BCUT2D eigenvalue weighted by Crippen LogP contribution is -2.55. The minimum absolute atomic E-state index is 0.0344. The largest absolute Gasteiger partial charge is 0.479 e. The molecule has 0 saturated carbocycles. The Kier molecular flexibility index (Phi) is 4.86. The van der Waals surface area contributed by atoms with Gasteiger partial charge in [-0.3, -0.25) is 14.9 Å². The zero-order valence-corrected chi connectivity index (χ0v) is 12.3. The second kappa shape index (κ2) is 6.65. The van der Waals surface area contributed by atoms with Crippen LogP contribution in [-0.2, 0) is 9.59 Å². The van der Waals surface area contributed by atoms with Crippen molar-refractivity contribution in [2.24, 2.45) is 0 Å². The predicted molar refractivity (Wildman–Crippen MR) is 79.0 cm³/mol. The molecular weight excluding hydrogens is 312 g/mol. The molecule has 8 nitrogen and oxygen atoms in total. The number of hydrogen-bond donors (Lipinski definition) is 2. The lowest BCUT2D eigenvalue weighted by atomic mass is 9.99. The van der Waals surface area contributed by atoms with E-state index in [2.05, 4.69) is 5.32 Å². The van der Waals surface area contributed by atoms with E-state index in [9.17, 15) is 24.8 Å². The fourth-order valence-corrected chi connectivity index (χ4v) is 3.39. The molecule has 2 N–H and O–H groups in total. The summed E-state index contributed by atoms with van der Waals surface area (Å²) in [6.45, 7) is -0.482. The van der Waals surface area contributed by atoms with Crippen molar-refractivity contribution in [1.29, 1.82) is 0 Å². The van der Waals surface area contributed by atoms with Crippen LogP contribution >= 0.6 is 11.8 Å². The van der Waals surface area contributed by atoms with Gasteiger partial charge in [-0.25, -0.2) is 4.79 Å². The Balaban J connectivity index is 1.99. The highest BCUT2D eigenvalue weighted by Crippen LogP contribution is 2.29. The van der Waals surface area contributed by atoms with Crippen molar-refractivity contribution >= 4 is 29.3 Å². The van der Waals surface area contributed by atoms with Gasteiger partial charge in [-0.2, -0.15) is 11.8 Å². The normalized spacial score (nSPS) is 20.4. The Morgan fingerprint density at radius 1 is 1.45 bits per heavy atom. The number of para-hydroxylation sites is 2. The van der Waals surface area contributed by atoms with Crippen LogP contribution < -0.4 is 10.1 Å². The molecule has 0 radical (unpaired) electrons. The molecule has 1 aliphatic rings. The molecule has 9 heteroatoms. The number of ether oxygens (including phenoxy) is 1. The highest BCUT2D eigenvalue weighted by Gasteiger charge is 2.43. The van der Waals surface area contributed by atoms with Crippen molar-refractivity contribution in [2.75, 3.05) is 18.1 Å². The summed E-state index contributed by atoms with van der Waals surface area (Å²) < 4.78 is 5.14. The van der Waals surface area contributed by atoms with Crippen molar-refractivity contribution in [3.63, 3.8) is 0 Å². The van der Waals surface area contributed by atoms with E-state index in [-0.39, 0.29) is 11.4 Å². The Labute approximate surface area is 130 Å². The third-order valence-electron chi connectivity index (χ3n) is 3.23. The number of hydrogen-bond acceptors (Lipinski definition) is 6. The number of nitro groups is 1. The van der Waals surface area contributed by atoms with Gasteiger partial charge >= 0.3 is 11.7 Å². The number of nitrogens with zero attached hydrogens (tertiary/aromatic N) is 1. The molecule has 0 aromatic heterocycles. The van der Waals surface area contributed by atoms with E-state index in [0.29, 0.717) is 17.9 Å². The first-order valence-electron chi connectivity index (χ1n) is 6.43. The highest BCUT2D eigenvalue weighted by atomic mass is 32.2. The molecule has 1 aromatic carbocycles. The van der Waals surface area contributed by atoms with Gasteiger partial charge in [-0.1, -0.05) is 12.1 Å². The number of thioether (sulfide) groups is 1. The van der Waals surface area contributed by atoms with Crippen LogP contribution in [-0.4, -0.2) is 45.6 Å². The predicted octanol–water partition coefficient (Wildman–Crippen LogP) is 1.05. The van der Waals surface area contributed by atoms with Crippen molar-refractivity contribution in [1.82, 2.24) is 5.32 Å². The fourth-order valence-electron chi connectivity index (χ4n) is 2.06. The van der Waals surface area contributed by atoms with Gasteiger partial charge in [0, 0.05) is 11.8 Å². The first kappa shape index (κ1) is 16.1. The van der Waals surface area contributed by atoms with E-state index >= 15 is 0 Å². The van der Waals surface area contributed by atoms with Gasteiger partial charge in [0.15, 0.2) is 12.4 Å². The number of carbonyl (C=O) groups is 2. The van der Waals surface area contributed by atoms with E-state index < -0.39 is 28.9 Å². The van der Waals surface area contributed by atoms with Crippen LogP contribution in [0.5, 0.6) is 5.75 Å². The molecule has 0 aliphatic carbocycles. The number of carbonyl (C=O) groups excluding carboxylic acids is 1. The second-order valence-electron chi connectivity index (χ2n) is 4.75. The topological polar surface area (TPSA) is 119 Å². The molecule has 1 atom stereocenters. The molecule has 22 heavy (non-hydrogen) atoms. The van der Waals surface area contributed by atoms with E-state index in [0.717, 1.165) is 0 Å². The molecule has 1 saturated heterocycles. The van der Waals surface area contributed by atoms with Gasteiger partial charge in [0.05, 0.1) is 4.92 Å². The fraction of sp³-hybridized carbons (Fsp3) is 0.385. The summed E-state index contributed by atoms with van der Waals surface area (Å²) in [5.41, 5.74) is -1.53. The third-order valence-corrected chi connectivity index (χ3v) is 4.42. The van der Waals surface area contributed by atoms with Crippen LogP contribution in [0.25, 0.3) is 0 Å². The summed E-state index contributed by atoms with van der Waals surface area (Å²) in [5.74, 6) is -0.802. The number of nitrogens with one attached hydrogen (secondary N) is 1. The van der Waals surface area contributed by atoms with Crippen LogP contribution in [0, 0.1) is 10.1 Å². The Morgan fingerprint density at radius 3 is 2.77 bits per heavy atom. The van der Waals surface area contributed by atoms with Crippen LogP contribution in [0.2, 0.25) is 0 Å². The van der Waals surface area contributed by atoms with Crippen molar-refractivity contribution in [3.8, 4) is 5.75 Å². The monoisotopic (exact) mass is 326 g/mol. The van der Waals surface area contributed by atoms with Gasteiger partial charge in [0.2, 0.25) is 0 Å². The van der Waals surface area contributed by atoms with E-state index in [4.69, 9.17) is 4.74 Å². The second-order valence-corrected chi connectivity index (χ2v) is 5.86. The number of aliphatic carboxylic acids is 1. The van der Waals surface area contributed by atoms with E-state index in [1.165, 1.54) is 30.0 Å². The Bertz CT molecular complexity index is 600. The number of nitro benzene ring substituents is 1. The van der Waals surface area contributed by atoms with Gasteiger partial charge < -0.3 is 15.2 Å². The average molecular weight is 326 g/mol. The van der Waals surface area contributed by atoms with Crippen LogP contribution in [0.4, 0.5) is 5.69 Å². The summed E-state index contributed by atoms with van der Waals surface area (Å²) in [6.07, 6.45) is 0.338. The summed E-state index contributed by atoms with van der Waals surface area (Å²) in [6, 6.07) is 5.68. The first-order valence-corrected chi connectivity index (χ1v) is 7.58. The lowest BCUT2D eigenvalue weighted by Gasteiger charge is -2.24. The SMILES string of the molecule is O=C(COc1ccccc1[N+](=O)[O-])NC1(C(=O)O)CCSC1. The summed E-state index contributed by atoms with van der Waals surface area (Å²) in [7, 11) is 0. The van der Waals surface area contributed by atoms with Gasteiger partial charge in [-0.15, -0.1) is 0 Å². The maximum Gasteiger partial charge on any atom is 0.330 e. The third kappa shape index (κ3) is 3.48. The number of benzene rings is 1. The number of carboxylic acids is 1. The molecule has 1 aromatic rings. The van der Waals surface area contributed by atoms with Crippen LogP contribution in [0.1, 0.15) is 6.42 Å². The number of rotatable bonds is 6. The average Bonchev–Trinajstić information content (AvgIpc) is 2.95. The highest BCUT2D eigenvalue weighted by molar-refractivity contribution is 7.99. The van der Waals surface area contributed by atoms with E-state index in [1.54, 1.807) is 6.07 Å². The van der Waals surface area contributed by atoms with Gasteiger partial charge in [0.25, 0.3) is 5.91 Å². The molecular formula is C13H14N2O6S.